The van der Waals surface area contributed by atoms with Crippen molar-refractivity contribution in [1.29, 1.82) is 0 Å². The van der Waals surface area contributed by atoms with Crippen molar-refractivity contribution in [2.45, 2.75) is 51.5 Å². The number of carbonyl (C=O) groups is 1. The summed E-state index contributed by atoms with van der Waals surface area (Å²) in [4.78, 5) is 11.8. The molecule has 0 fully saturated rings. The van der Waals surface area contributed by atoms with Gasteiger partial charge in [0.1, 0.15) is 11.7 Å². The van der Waals surface area contributed by atoms with E-state index in [1.165, 1.54) is 6.92 Å². The predicted octanol–water partition coefficient (Wildman–Crippen LogP) is 1.84. The number of hydrogen-bond acceptors (Lipinski definition) is 5. The fourth-order valence-corrected chi connectivity index (χ4v) is 1.81. The number of ether oxygens (including phenoxy) is 2. The maximum absolute atomic E-state index is 11.8. The lowest BCUT2D eigenvalue weighted by atomic mass is 9.96. The van der Waals surface area contributed by atoms with Gasteiger partial charge in [0.05, 0.1) is 25.4 Å². The number of aliphatic hydroxyl groups excluding tert-OH is 2. The molecule has 130 valence electrons. The van der Waals surface area contributed by atoms with Crippen LogP contribution < -0.4 is 5.32 Å². The Bertz CT molecular complexity index is 486. The summed E-state index contributed by atoms with van der Waals surface area (Å²) in [5, 5.41) is 22.3. The molecule has 0 aliphatic carbocycles. The van der Waals surface area contributed by atoms with Crippen molar-refractivity contribution in [2.24, 2.45) is 0 Å². The monoisotopic (exact) mass is 325 g/mol. The lowest BCUT2D eigenvalue weighted by molar-refractivity contribution is -0.0402. The van der Waals surface area contributed by atoms with E-state index in [1.807, 2.05) is 30.3 Å². The second-order valence-corrected chi connectivity index (χ2v) is 6.72. The Morgan fingerprint density at radius 2 is 1.83 bits per heavy atom. The van der Waals surface area contributed by atoms with Gasteiger partial charge in [-0.25, -0.2) is 4.79 Å². The van der Waals surface area contributed by atoms with Crippen molar-refractivity contribution < 1.29 is 24.5 Å². The Morgan fingerprint density at radius 3 is 2.35 bits per heavy atom. The molecule has 1 rings (SSSR count). The van der Waals surface area contributed by atoms with Crippen LogP contribution in [0.25, 0.3) is 0 Å². The molecule has 23 heavy (non-hydrogen) atoms. The number of alkyl carbamates (subject to hydrolysis) is 1. The van der Waals surface area contributed by atoms with Gasteiger partial charge in [0.2, 0.25) is 0 Å². The molecule has 0 saturated heterocycles. The van der Waals surface area contributed by atoms with Crippen LogP contribution in [-0.4, -0.2) is 46.8 Å². The van der Waals surface area contributed by atoms with Crippen molar-refractivity contribution in [3.63, 3.8) is 0 Å². The normalized spacial score (nSPS) is 15.6. The fraction of sp³-hybridized carbons (Fsp3) is 0.588. The predicted molar refractivity (Wildman–Crippen MR) is 87.0 cm³/mol. The first-order valence-electron chi connectivity index (χ1n) is 7.58. The van der Waals surface area contributed by atoms with E-state index < -0.39 is 29.9 Å². The molecule has 2 atom stereocenters. The van der Waals surface area contributed by atoms with Crippen LogP contribution in [0.15, 0.2) is 30.3 Å². The molecular formula is C17H27NO5. The van der Waals surface area contributed by atoms with E-state index in [9.17, 15) is 15.0 Å². The molecule has 1 aromatic rings. The van der Waals surface area contributed by atoms with Crippen LogP contribution in [0.5, 0.6) is 0 Å². The summed E-state index contributed by atoms with van der Waals surface area (Å²) in [5.41, 5.74) is -0.931. The van der Waals surface area contributed by atoms with Crippen LogP contribution in [0.3, 0.4) is 0 Å². The van der Waals surface area contributed by atoms with Crippen LogP contribution in [0.2, 0.25) is 0 Å². The van der Waals surface area contributed by atoms with E-state index in [2.05, 4.69) is 5.32 Å². The summed E-state index contributed by atoms with van der Waals surface area (Å²) in [6.45, 7) is 6.62. The fourth-order valence-electron chi connectivity index (χ4n) is 1.81. The summed E-state index contributed by atoms with van der Waals surface area (Å²) >= 11 is 0. The Hall–Kier alpha value is -1.63. The lowest BCUT2D eigenvalue weighted by Crippen LogP contribution is -2.59. The van der Waals surface area contributed by atoms with Gasteiger partial charge >= 0.3 is 6.09 Å². The molecule has 3 N–H and O–H groups in total. The summed E-state index contributed by atoms with van der Waals surface area (Å²) < 4.78 is 10.6. The topological polar surface area (TPSA) is 88.0 Å². The van der Waals surface area contributed by atoms with Crippen LogP contribution >= 0.6 is 0 Å². The number of aliphatic hydroxyl groups is 2. The molecule has 0 radical (unpaired) electrons. The molecule has 0 aliphatic heterocycles. The van der Waals surface area contributed by atoms with Crippen molar-refractivity contribution in [3.05, 3.63) is 35.9 Å². The minimum Gasteiger partial charge on any atom is -0.444 e. The van der Waals surface area contributed by atoms with Crippen LogP contribution in [0.1, 0.15) is 33.3 Å². The first-order chi connectivity index (χ1) is 10.7. The second-order valence-electron chi connectivity index (χ2n) is 6.72. The molecule has 0 aromatic heterocycles. The molecule has 0 saturated carbocycles. The largest absolute Gasteiger partial charge is 0.444 e. The molecule has 6 heteroatoms. The molecule has 0 bridgehead atoms. The standard InChI is InChI=1S/C17H27NO5/c1-16(2,3)23-15(21)18-17(4,12-19)14(20)11-22-10-13-8-6-5-7-9-13/h5-9,14,19-20H,10-12H2,1-4H3,(H,18,21)/t14-,17+/m1/s1. The second kappa shape index (κ2) is 8.29. The highest BCUT2D eigenvalue weighted by atomic mass is 16.6. The zero-order valence-electron chi connectivity index (χ0n) is 14.2. The molecular weight excluding hydrogens is 298 g/mol. The number of amides is 1. The Balaban J connectivity index is 2.52. The van der Waals surface area contributed by atoms with Gasteiger partial charge in [-0.05, 0) is 33.3 Å². The lowest BCUT2D eigenvalue weighted by Gasteiger charge is -2.34. The molecule has 0 aliphatic rings. The Morgan fingerprint density at radius 1 is 1.22 bits per heavy atom. The molecule has 1 aromatic carbocycles. The highest BCUT2D eigenvalue weighted by Gasteiger charge is 2.35. The van der Waals surface area contributed by atoms with Crippen molar-refractivity contribution in [3.8, 4) is 0 Å². The third-order valence-corrected chi connectivity index (χ3v) is 3.24. The van der Waals surface area contributed by atoms with Crippen molar-refractivity contribution in [2.75, 3.05) is 13.2 Å². The minimum atomic E-state index is -1.25. The average molecular weight is 325 g/mol. The third kappa shape index (κ3) is 6.99. The van der Waals surface area contributed by atoms with Crippen LogP contribution in [-0.2, 0) is 16.1 Å². The number of benzene rings is 1. The van der Waals surface area contributed by atoms with E-state index >= 15 is 0 Å². The maximum atomic E-state index is 11.8. The first kappa shape index (κ1) is 19.4. The minimum absolute atomic E-state index is 0.0260. The van der Waals surface area contributed by atoms with E-state index in [0.29, 0.717) is 6.61 Å². The zero-order chi connectivity index (χ0) is 17.5. The SMILES string of the molecule is CC(C)(C)OC(=O)N[C@@](C)(CO)[C@H](O)COCc1ccccc1. The average Bonchev–Trinajstić information content (AvgIpc) is 2.46. The quantitative estimate of drug-likeness (QED) is 0.712. The van der Waals surface area contributed by atoms with E-state index in [1.54, 1.807) is 20.8 Å². The summed E-state index contributed by atoms with van der Waals surface area (Å²) in [6, 6.07) is 9.53. The van der Waals surface area contributed by atoms with Gasteiger partial charge in [0, 0.05) is 0 Å². The zero-order valence-corrected chi connectivity index (χ0v) is 14.2. The van der Waals surface area contributed by atoms with Gasteiger partial charge in [-0.15, -0.1) is 0 Å². The highest BCUT2D eigenvalue weighted by molar-refractivity contribution is 5.68. The van der Waals surface area contributed by atoms with Gasteiger partial charge in [0.25, 0.3) is 0 Å². The van der Waals surface area contributed by atoms with Gasteiger partial charge in [-0.3, -0.25) is 0 Å². The summed E-state index contributed by atoms with van der Waals surface area (Å²) in [7, 11) is 0. The van der Waals surface area contributed by atoms with E-state index in [0.717, 1.165) is 5.56 Å². The van der Waals surface area contributed by atoms with Gasteiger partial charge in [-0.2, -0.15) is 0 Å². The molecule has 0 unspecified atom stereocenters. The summed E-state index contributed by atoms with van der Waals surface area (Å²) in [6.07, 6.45) is -1.78. The van der Waals surface area contributed by atoms with Crippen molar-refractivity contribution in [1.82, 2.24) is 5.32 Å². The third-order valence-electron chi connectivity index (χ3n) is 3.24. The number of carbonyl (C=O) groups excluding carboxylic acids is 1. The van der Waals surface area contributed by atoms with Crippen molar-refractivity contribution >= 4 is 6.09 Å². The molecule has 0 spiro atoms. The van der Waals surface area contributed by atoms with Gasteiger partial charge in [0.15, 0.2) is 0 Å². The van der Waals surface area contributed by atoms with Gasteiger partial charge < -0.3 is 25.0 Å². The Kier molecular flexibility index (Phi) is 7.00. The van der Waals surface area contributed by atoms with E-state index in [-0.39, 0.29) is 6.61 Å². The first-order valence-corrected chi connectivity index (χ1v) is 7.58. The van der Waals surface area contributed by atoms with Gasteiger partial charge in [-0.1, -0.05) is 30.3 Å². The smallest absolute Gasteiger partial charge is 0.408 e. The molecule has 0 heterocycles. The number of rotatable bonds is 7. The Labute approximate surface area is 137 Å². The van der Waals surface area contributed by atoms with Crippen LogP contribution in [0.4, 0.5) is 4.79 Å². The van der Waals surface area contributed by atoms with Crippen LogP contribution in [0, 0.1) is 0 Å². The summed E-state index contributed by atoms with van der Waals surface area (Å²) in [5.74, 6) is 0. The maximum Gasteiger partial charge on any atom is 0.408 e. The number of hydrogen-bond donors (Lipinski definition) is 3. The number of nitrogens with one attached hydrogen (secondary N) is 1. The molecule has 1 amide bonds. The molecule has 6 nitrogen and oxygen atoms in total. The van der Waals surface area contributed by atoms with E-state index in [4.69, 9.17) is 9.47 Å². The highest BCUT2D eigenvalue weighted by Crippen LogP contribution is 2.14.